The van der Waals surface area contributed by atoms with Crippen LogP contribution in [-0.4, -0.2) is 24.2 Å². The van der Waals surface area contributed by atoms with Crippen LogP contribution >= 0.6 is 0 Å². The average Bonchev–Trinajstić information content (AvgIpc) is 2.72. The van der Waals surface area contributed by atoms with Crippen molar-refractivity contribution >= 4 is 15.7 Å². The molecular weight excluding hydrogens is 266 g/mol. The fourth-order valence-electron chi connectivity index (χ4n) is 1.52. The van der Waals surface area contributed by atoms with Crippen molar-refractivity contribution < 1.29 is 13.2 Å². The van der Waals surface area contributed by atoms with Gasteiger partial charge < -0.3 is 9.30 Å². The van der Waals surface area contributed by atoms with Crippen molar-refractivity contribution in [1.29, 1.82) is 0 Å². The van der Waals surface area contributed by atoms with Gasteiger partial charge in [-0.25, -0.2) is 13.4 Å². The van der Waals surface area contributed by atoms with Crippen molar-refractivity contribution in [3.63, 3.8) is 0 Å². The highest BCUT2D eigenvalue weighted by Crippen LogP contribution is 2.17. The second-order valence-corrected chi connectivity index (χ2v) is 5.89. The molecule has 1 aromatic carbocycles. The number of sulfonamides is 1. The Kier molecular flexibility index (Phi) is 3.75. The number of anilines is 1. The molecule has 0 aliphatic carbocycles. The summed E-state index contributed by atoms with van der Waals surface area (Å²) < 4.78 is 31.9. The van der Waals surface area contributed by atoms with E-state index in [0.717, 1.165) is 12.1 Å². The Morgan fingerprint density at radius 2 is 2.00 bits per heavy atom. The highest BCUT2D eigenvalue weighted by Gasteiger charge is 2.03. The van der Waals surface area contributed by atoms with Crippen LogP contribution in [0.5, 0.6) is 5.75 Å². The third-order valence-electron chi connectivity index (χ3n) is 2.45. The van der Waals surface area contributed by atoms with Gasteiger partial charge in [0.15, 0.2) is 0 Å². The molecule has 1 N–H and O–H groups in total. The Morgan fingerprint density at radius 3 is 2.53 bits per heavy atom. The molecule has 0 unspecified atom stereocenters. The SMILES string of the molecule is Cn1ccnc1COc1ccc(NS(C)(=O)=O)cc1. The molecule has 1 heterocycles. The molecule has 2 aromatic rings. The van der Waals surface area contributed by atoms with Gasteiger partial charge >= 0.3 is 0 Å². The third kappa shape index (κ3) is 3.99. The molecular formula is C12H15N3O3S. The molecule has 0 fully saturated rings. The van der Waals surface area contributed by atoms with Crippen LogP contribution in [0.1, 0.15) is 5.82 Å². The van der Waals surface area contributed by atoms with E-state index in [0.29, 0.717) is 18.0 Å². The molecule has 0 atom stereocenters. The lowest BCUT2D eigenvalue weighted by Gasteiger charge is -2.08. The predicted octanol–water partition coefficient (Wildman–Crippen LogP) is 1.37. The van der Waals surface area contributed by atoms with E-state index in [1.807, 2.05) is 17.8 Å². The van der Waals surface area contributed by atoms with E-state index in [1.165, 1.54) is 0 Å². The number of aryl methyl sites for hydroxylation is 1. The van der Waals surface area contributed by atoms with Crippen LogP contribution in [-0.2, 0) is 23.7 Å². The number of ether oxygens (including phenoxy) is 1. The van der Waals surface area contributed by atoms with Crippen LogP contribution in [0.25, 0.3) is 0 Å². The quantitative estimate of drug-likeness (QED) is 0.898. The lowest BCUT2D eigenvalue weighted by molar-refractivity contribution is 0.292. The van der Waals surface area contributed by atoms with E-state index in [9.17, 15) is 8.42 Å². The van der Waals surface area contributed by atoms with Crippen LogP contribution in [0.15, 0.2) is 36.7 Å². The van der Waals surface area contributed by atoms with Crippen molar-refractivity contribution in [2.75, 3.05) is 11.0 Å². The topological polar surface area (TPSA) is 73.2 Å². The normalized spacial score (nSPS) is 11.3. The number of nitrogens with one attached hydrogen (secondary N) is 1. The van der Waals surface area contributed by atoms with Gasteiger partial charge in [0.05, 0.1) is 6.26 Å². The van der Waals surface area contributed by atoms with Gasteiger partial charge in [0.2, 0.25) is 10.0 Å². The maximum atomic E-state index is 11.1. The minimum absolute atomic E-state index is 0.363. The Bertz CT molecular complexity index is 647. The third-order valence-corrected chi connectivity index (χ3v) is 3.05. The molecule has 0 saturated carbocycles. The predicted molar refractivity (Wildman–Crippen MR) is 72.4 cm³/mol. The highest BCUT2D eigenvalue weighted by molar-refractivity contribution is 7.92. The van der Waals surface area contributed by atoms with Gasteiger partial charge in [0.1, 0.15) is 18.2 Å². The molecule has 0 saturated heterocycles. The largest absolute Gasteiger partial charge is 0.486 e. The summed E-state index contributed by atoms with van der Waals surface area (Å²) in [6, 6.07) is 6.70. The zero-order valence-electron chi connectivity index (χ0n) is 10.7. The Balaban J connectivity index is 1.97. The molecule has 0 bridgehead atoms. The van der Waals surface area contributed by atoms with Crippen LogP contribution in [0.4, 0.5) is 5.69 Å². The van der Waals surface area contributed by atoms with Gasteiger partial charge in [-0.2, -0.15) is 0 Å². The fraction of sp³-hybridized carbons (Fsp3) is 0.250. The van der Waals surface area contributed by atoms with Gasteiger partial charge in [-0.15, -0.1) is 0 Å². The monoisotopic (exact) mass is 281 g/mol. The van der Waals surface area contributed by atoms with Crippen molar-refractivity contribution in [3.8, 4) is 5.75 Å². The summed E-state index contributed by atoms with van der Waals surface area (Å²) in [6.07, 6.45) is 4.66. The minimum Gasteiger partial charge on any atom is -0.486 e. The summed E-state index contributed by atoms with van der Waals surface area (Å²) in [7, 11) is -1.35. The molecule has 0 amide bonds. The Labute approximate surface area is 112 Å². The molecule has 2 rings (SSSR count). The minimum atomic E-state index is -3.25. The van der Waals surface area contributed by atoms with Crippen LogP contribution in [0.3, 0.4) is 0 Å². The second-order valence-electron chi connectivity index (χ2n) is 4.14. The number of imidazole rings is 1. The van der Waals surface area contributed by atoms with Crippen LogP contribution in [0.2, 0.25) is 0 Å². The smallest absolute Gasteiger partial charge is 0.229 e. The standard InChI is InChI=1S/C12H15N3O3S/c1-15-8-7-13-12(15)9-18-11-5-3-10(4-6-11)14-19(2,16)17/h3-8,14H,9H2,1-2H3. The fourth-order valence-corrected chi connectivity index (χ4v) is 2.08. The maximum absolute atomic E-state index is 11.1. The van der Waals surface area contributed by atoms with Crippen molar-refractivity contribution in [3.05, 3.63) is 42.5 Å². The number of benzene rings is 1. The van der Waals surface area contributed by atoms with E-state index < -0.39 is 10.0 Å². The molecule has 0 aliphatic rings. The zero-order valence-corrected chi connectivity index (χ0v) is 11.5. The van der Waals surface area contributed by atoms with Crippen molar-refractivity contribution in [2.45, 2.75) is 6.61 Å². The molecule has 7 heteroatoms. The molecule has 0 aliphatic heterocycles. The summed E-state index contributed by atoms with van der Waals surface area (Å²) in [6.45, 7) is 0.363. The summed E-state index contributed by atoms with van der Waals surface area (Å²) in [4.78, 5) is 4.14. The lowest BCUT2D eigenvalue weighted by Crippen LogP contribution is -2.09. The maximum Gasteiger partial charge on any atom is 0.229 e. The lowest BCUT2D eigenvalue weighted by atomic mass is 10.3. The molecule has 102 valence electrons. The second kappa shape index (κ2) is 5.31. The molecule has 6 nitrogen and oxygen atoms in total. The van der Waals surface area contributed by atoms with Gasteiger partial charge in [-0.1, -0.05) is 0 Å². The first kappa shape index (κ1) is 13.4. The highest BCUT2D eigenvalue weighted by atomic mass is 32.2. The first-order valence-corrected chi connectivity index (χ1v) is 7.50. The number of nitrogens with zero attached hydrogens (tertiary/aromatic N) is 2. The van der Waals surface area contributed by atoms with Gasteiger partial charge in [-0.05, 0) is 24.3 Å². The van der Waals surface area contributed by atoms with E-state index >= 15 is 0 Å². The van der Waals surface area contributed by atoms with Gasteiger partial charge in [-0.3, -0.25) is 4.72 Å². The van der Waals surface area contributed by atoms with E-state index in [1.54, 1.807) is 30.5 Å². The van der Waals surface area contributed by atoms with Crippen molar-refractivity contribution in [1.82, 2.24) is 9.55 Å². The van der Waals surface area contributed by atoms with Gasteiger partial charge in [0, 0.05) is 25.1 Å². The molecule has 0 radical (unpaired) electrons. The van der Waals surface area contributed by atoms with Crippen LogP contribution in [0, 0.1) is 0 Å². The van der Waals surface area contributed by atoms with E-state index in [2.05, 4.69) is 9.71 Å². The summed E-state index contributed by atoms with van der Waals surface area (Å²) in [5.41, 5.74) is 0.506. The summed E-state index contributed by atoms with van der Waals surface area (Å²) in [5, 5.41) is 0. The first-order valence-electron chi connectivity index (χ1n) is 5.61. The number of rotatable bonds is 5. The zero-order chi connectivity index (χ0) is 13.9. The Morgan fingerprint density at radius 1 is 1.32 bits per heavy atom. The number of aromatic nitrogens is 2. The van der Waals surface area contributed by atoms with E-state index in [-0.39, 0.29) is 0 Å². The first-order chi connectivity index (χ1) is 8.94. The van der Waals surface area contributed by atoms with Gasteiger partial charge in [0.25, 0.3) is 0 Å². The number of hydrogen-bond acceptors (Lipinski definition) is 4. The summed E-state index contributed by atoms with van der Waals surface area (Å²) in [5.74, 6) is 1.47. The summed E-state index contributed by atoms with van der Waals surface area (Å²) >= 11 is 0. The molecule has 0 spiro atoms. The Hall–Kier alpha value is -2.02. The average molecular weight is 281 g/mol. The van der Waals surface area contributed by atoms with E-state index in [4.69, 9.17) is 4.74 Å². The molecule has 1 aromatic heterocycles. The number of hydrogen-bond donors (Lipinski definition) is 1. The van der Waals surface area contributed by atoms with Crippen molar-refractivity contribution in [2.24, 2.45) is 7.05 Å². The molecule has 19 heavy (non-hydrogen) atoms. The van der Waals surface area contributed by atoms with Crippen LogP contribution < -0.4 is 9.46 Å².